The number of alkyl halides is 3. The van der Waals surface area contributed by atoms with Crippen LogP contribution in [0.5, 0.6) is 0 Å². The highest BCUT2D eigenvalue weighted by Gasteiger charge is 2.26. The molecule has 120 valence electrons. The third-order valence-electron chi connectivity index (χ3n) is 3.09. The molecule has 0 spiro atoms. The highest BCUT2D eigenvalue weighted by Crippen LogP contribution is 2.23. The quantitative estimate of drug-likeness (QED) is 0.683. The van der Waals surface area contributed by atoms with E-state index in [9.17, 15) is 13.2 Å². The fourth-order valence-corrected chi connectivity index (χ4v) is 2.05. The second-order valence-electron chi connectivity index (χ2n) is 5.20. The predicted molar refractivity (Wildman–Crippen MR) is 78.3 cm³/mol. The number of hydrogen-bond donors (Lipinski definition) is 1. The van der Waals surface area contributed by atoms with Gasteiger partial charge in [-0.2, -0.15) is 13.2 Å². The SMILES string of the molecule is CCCNCC(OCCCC(F)(F)F)c1cccc(C)c1. The Kier molecular flexibility index (Phi) is 7.75. The lowest BCUT2D eigenvalue weighted by Gasteiger charge is -2.20. The fourth-order valence-electron chi connectivity index (χ4n) is 2.05. The van der Waals surface area contributed by atoms with Crippen molar-refractivity contribution in [2.24, 2.45) is 0 Å². The van der Waals surface area contributed by atoms with E-state index >= 15 is 0 Å². The van der Waals surface area contributed by atoms with Gasteiger partial charge in [0.25, 0.3) is 0 Å². The van der Waals surface area contributed by atoms with E-state index in [0.717, 1.165) is 24.1 Å². The van der Waals surface area contributed by atoms with Crippen LogP contribution in [0.25, 0.3) is 0 Å². The minimum Gasteiger partial charge on any atom is -0.372 e. The Morgan fingerprint density at radius 3 is 2.67 bits per heavy atom. The number of ether oxygens (including phenoxy) is 1. The van der Waals surface area contributed by atoms with Crippen molar-refractivity contribution in [3.8, 4) is 0 Å². The zero-order valence-corrected chi connectivity index (χ0v) is 12.7. The van der Waals surface area contributed by atoms with E-state index in [-0.39, 0.29) is 19.1 Å². The molecule has 0 saturated heterocycles. The molecule has 0 aliphatic rings. The molecule has 0 radical (unpaired) electrons. The van der Waals surface area contributed by atoms with Crippen molar-refractivity contribution in [2.45, 2.75) is 45.4 Å². The molecule has 21 heavy (non-hydrogen) atoms. The zero-order chi connectivity index (χ0) is 15.7. The van der Waals surface area contributed by atoms with Crippen molar-refractivity contribution in [3.63, 3.8) is 0 Å². The maximum Gasteiger partial charge on any atom is 0.389 e. The predicted octanol–water partition coefficient (Wildman–Crippen LogP) is 4.39. The van der Waals surface area contributed by atoms with Gasteiger partial charge < -0.3 is 10.1 Å². The van der Waals surface area contributed by atoms with Crippen molar-refractivity contribution < 1.29 is 17.9 Å². The maximum atomic E-state index is 12.1. The van der Waals surface area contributed by atoms with Gasteiger partial charge in [-0.3, -0.25) is 0 Å². The van der Waals surface area contributed by atoms with E-state index in [2.05, 4.69) is 12.2 Å². The van der Waals surface area contributed by atoms with E-state index in [1.54, 1.807) is 0 Å². The molecule has 0 heterocycles. The second kappa shape index (κ2) is 9.05. The molecule has 1 unspecified atom stereocenters. The summed E-state index contributed by atoms with van der Waals surface area (Å²) in [5.74, 6) is 0. The van der Waals surface area contributed by atoms with Gasteiger partial charge in [0.2, 0.25) is 0 Å². The highest BCUT2D eigenvalue weighted by atomic mass is 19.4. The molecule has 0 amide bonds. The highest BCUT2D eigenvalue weighted by molar-refractivity contribution is 5.24. The van der Waals surface area contributed by atoms with Crippen LogP contribution >= 0.6 is 0 Å². The number of halogens is 3. The van der Waals surface area contributed by atoms with Crippen molar-refractivity contribution >= 4 is 0 Å². The lowest BCUT2D eigenvalue weighted by Crippen LogP contribution is -2.24. The number of rotatable bonds is 9. The molecule has 5 heteroatoms. The largest absolute Gasteiger partial charge is 0.389 e. The van der Waals surface area contributed by atoms with Gasteiger partial charge in [0.1, 0.15) is 0 Å². The van der Waals surface area contributed by atoms with Crippen molar-refractivity contribution in [1.82, 2.24) is 5.32 Å². The summed E-state index contributed by atoms with van der Waals surface area (Å²) in [7, 11) is 0. The first kappa shape index (κ1) is 18.0. The van der Waals surface area contributed by atoms with Crippen LogP contribution < -0.4 is 5.32 Å². The van der Waals surface area contributed by atoms with Crippen LogP contribution in [0.4, 0.5) is 13.2 Å². The average Bonchev–Trinajstić information content (AvgIpc) is 2.40. The average molecular weight is 303 g/mol. The monoisotopic (exact) mass is 303 g/mol. The van der Waals surface area contributed by atoms with E-state index in [1.165, 1.54) is 0 Å². The van der Waals surface area contributed by atoms with Crippen molar-refractivity contribution in [1.29, 1.82) is 0 Å². The molecular weight excluding hydrogens is 279 g/mol. The summed E-state index contributed by atoms with van der Waals surface area (Å²) >= 11 is 0. The first-order chi connectivity index (χ1) is 9.92. The van der Waals surface area contributed by atoms with E-state index in [1.807, 2.05) is 31.2 Å². The number of hydrogen-bond acceptors (Lipinski definition) is 2. The molecule has 1 atom stereocenters. The third kappa shape index (κ3) is 8.07. The molecule has 0 aromatic heterocycles. The van der Waals surface area contributed by atoms with Gasteiger partial charge in [-0.1, -0.05) is 36.8 Å². The normalized spacial score (nSPS) is 13.4. The van der Waals surface area contributed by atoms with Crippen LogP contribution in [0.2, 0.25) is 0 Å². The first-order valence-corrected chi connectivity index (χ1v) is 7.38. The molecule has 0 aliphatic heterocycles. The van der Waals surface area contributed by atoms with Crippen molar-refractivity contribution in [2.75, 3.05) is 19.7 Å². The number of nitrogens with one attached hydrogen (secondary N) is 1. The lowest BCUT2D eigenvalue weighted by molar-refractivity contribution is -0.138. The van der Waals surface area contributed by atoms with E-state index < -0.39 is 12.6 Å². The Morgan fingerprint density at radius 1 is 1.29 bits per heavy atom. The minimum absolute atomic E-state index is 0.000403. The second-order valence-corrected chi connectivity index (χ2v) is 5.20. The Bertz CT molecular complexity index is 407. The molecule has 0 fully saturated rings. The molecule has 1 N–H and O–H groups in total. The molecule has 1 rings (SSSR count). The molecule has 0 aliphatic carbocycles. The summed E-state index contributed by atoms with van der Waals surface area (Å²) in [6.07, 6.45) is -4.10. The summed E-state index contributed by atoms with van der Waals surface area (Å²) in [4.78, 5) is 0. The zero-order valence-electron chi connectivity index (χ0n) is 12.7. The van der Waals surface area contributed by atoms with Gasteiger partial charge in [-0.15, -0.1) is 0 Å². The molecular formula is C16H24F3NO. The summed E-state index contributed by atoms with van der Waals surface area (Å²) < 4.78 is 42.1. The van der Waals surface area contributed by atoms with Crippen molar-refractivity contribution in [3.05, 3.63) is 35.4 Å². The topological polar surface area (TPSA) is 21.3 Å². The van der Waals surface area contributed by atoms with Gasteiger partial charge in [-0.25, -0.2) is 0 Å². The molecule has 0 saturated carbocycles. The summed E-state index contributed by atoms with van der Waals surface area (Å²) in [6.45, 7) is 5.66. The summed E-state index contributed by atoms with van der Waals surface area (Å²) in [5, 5.41) is 3.26. The molecule has 1 aromatic carbocycles. The van der Waals surface area contributed by atoms with Crippen LogP contribution in [0.15, 0.2) is 24.3 Å². The Morgan fingerprint density at radius 2 is 2.05 bits per heavy atom. The van der Waals surface area contributed by atoms with Gasteiger partial charge in [0.05, 0.1) is 6.10 Å². The van der Waals surface area contributed by atoms with Gasteiger partial charge in [0.15, 0.2) is 0 Å². The van der Waals surface area contributed by atoms with Crippen LogP contribution in [0, 0.1) is 6.92 Å². The van der Waals surface area contributed by atoms with Crippen LogP contribution in [-0.4, -0.2) is 25.9 Å². The molecule has 0 bridgehead atoms. The lowest BCUT2D eigenvalue weighted by atomic mass is 10.1. The van der Waals surface area contributed by atoms with E-state index in [0.29, 0.717) is 6.54 Å². The third-order valence-corrected chi connectivity index (χ3v) is 3.09. The fraction of sp³-hybridized carbons (Fsp3) is 0.625. The van der Waals surface area contributed by atoms with Gasteiger partial charge in [-0.05, 0) is 31.9 Å². The molecule has 2 nitrogen and oxygen atoms in total. The standard InChI is InChI=1S/C16H24F3NO/c1-3-9-20-12-15(14-7-4-6-13(2)11-14)21-10-5-8-16(17,18)19/h4,6-7,11,15,20H,3,5,8-10,12H2,1-2H3. The van der Waals surface area contributed by atoms with Gasteiger partial charge in [0, 0.05) is 19.6 Å². The number of benzene rings is 1. The van der Waals surface area contributed by atoms with E-state index in [4.69, 9.17) is 4.74 Å². The van der Waals surface area contributed by atoms with Crippen LogP contribution in [-0.2, 0) is 4.74 Å². The van der Waals surface area contributed by atoms with Crippen LogP contribution in [0.3, 0.4) is 0 Å². The smallest absolute Gasteiger partial charge is 0.372 e. The van der Waals surface area contributed by atoms with Gasteiger partial charge >= 0.3 is 6.18 Å². The molecule has 1 aromatic rings. The maximum absolute atomic E-state index is 12.1. The minimum atomic E-state index is -4.11. The Balaban J connectivity index is 2.52. The Hall–Kier alpha value is -1.07. The van der Waals surface area contributed by atoms with Crippen LogP contribution in [0.1, 0.15) is 43.4 Å². The summed E-state index contributed by atoms with van der Waals surface area (Å²) in [6, 6.07) is 7.90. The summed E-state index contributed by atoms with van der Waals surface area (Å²) in [5.41, 5.74) is 2.12. The number of aryl methyl sites for hydroxylation is 1. The first-order valence-electron chi connectivity index (χ1n) is 7.38. The Labute approximate surface area is 124 Å².